The zero-order valence-corrected chi connectivity index (χ0v) is 11.1. The SMILES string of the molecule is CN(CC1(O)CCOCC1)c1ccc(C#N)c(N)c1. The molecule has 0 atom stereocenters. The second-order valence-corrected chi connectivity index (χ2v) is 5.08. The molecule has 0 aliphatic carbocycles. The zero-order valence-electron chi connectivity index (χ0n) is 11.1. The molecule has 2 rings (SSSR count). The average Bonchev–Trinajstić information content (AvgIpc) is 2.39. The molecular formula is C14H19N3O2. The Morgan fingerprint density at radius 1 is 1.47 bits per heavy atom. The predicted molar refractivity (Wildman–Crippen MR) is 73.8 cm³/mol. The minimum Gasteiger partial charge on any atom is -0.398 e. The number of nitrogens with two attached hydrogens (primary N) is 1. The number of hydrogen-bond acceptors (Lipinski definition) is 5. The summed E-state index contributed by atoms with van der Waals surface area (Å²) in [7, 11) is 1.91. The van der Waals surface area contributed by atoms with Crippen LogP contribution in [0, 0.1) is 11.3 Å². The van der Waals surface area contributed by atoms with Crippen LogP contribution in [0.15, 0.2) is 18.2 Å². The highest BCUT2D eigenvalue weighted by atomic mass is 16.5. The van der Waals surface area contributed by atoms with E-state index in [1.54, 1.807) is 12.1 Å². The van der Waals surface area contributed by atoms with Crippen LogP contribution >= 0.6 is 0 Å². The molecule has 0 amide bonds. The van der Waals surface area contributed by atoms with E-state index in [1.165, 1.54) is 0 Å². The smallest absolute Gasteiger partial charge is 0.101 e. The van der Waals surface area contributed by atoms with Crippen molar-refractivity contribution in [3.63, 3.8) is 0 Å². The van der Waals surface area contributed by atoms with Crippen LogP contribution in [0.2, 0.25) is 0 Å². The first-order chi connectivity index (χ1) is 9.04. The molecule has 102 valence electrons. The van der Waals surface area contributed by atoms with Crippen molar-refractivity contribution < 1.29 is 9.84 Å². The van der Waals surface area contributed by atoms with Gasteiger partial charge in [0.1, 0.15) is 6.07 Å². The van der Waals surface area contributed by atoms with E-state index in [9.17, 15) is 5.11 Å². The zero-order chi connectivity index (χ0) is 13.9. The van der Waals surface area contributed by atoms with Gasteiger partial charge < -0.3 is 20.5 Å². The van der Waals surface area contributed by atoms with E-state index in [2.05, 4.69) is 0 Å². The fourth-order valence-corrected chi connectivity index (χ4v) is 2.33. The molecule has 5 heteroatoms. The summed E-state index contributed by atoms with van der Waals surface area (Å²) in [6.45, 7) is 1.72. The van der Waals surface area contributed by atoms with E-state index in [0.29, 0.717) is 43.9 Å². The van der Waals surface area contributed by atoms with Gasteiger partial charge in [-0.15, -0.1) is 0 Å². The molecule has 3 N–H and O–H groups in total. The molecule has 0 bridgehead atoms. The number of nitrogen functional groups attached to an aromatic ring is 1. The maximum atomic E-state index is 10.5. The third kappa shape index (κ3) is 3.16. The van der Waals surface area contributed by atoms with Crippen LogP contribution in [0.5, 0.6) is 0 Å². The van der Waals surface area contributed by atoms with E-state index < -0.39 is 5.60 Å². The molecule has 1 heterocycles. The summed E-state index contributed by atoms with van der Waals surface area (Å²) in [6.07, 6.45) is 1.28. The highest BCUT2D eigenvalue weighted by molar-refractivity contribution is 5.63. The van der Waals surface area contributed by atoms with Crippen molar-refractivity contribution in [2.24, 2.45) is 0 Å². The number of hydrogen-bond donors (Lipinski definition) is 2. The quantitative estimate of drug-likeness (QED) is 0.797. The molecule has 1 saturated heterocycles. The number of nitriles is 1. The molecule has 1 fully saturated rings. The summed E-state index contributed by atoms with van der Waals surface area (Å²) in [4.78, 5) is 1.96. The molecule has 1 aliphatic rings. The number of likely N-dealkylation sites (N-methyl/N-ethyl adjacent to an activating group) is 1. The molecule has 0 saturated carbocycles. The van der Waals surface area contributed by atoms with Gasteiger partial charge in [0.15, 0.2) is 0 Å². The first-order valence-corrected chi connectivity index (χ1v) is 6.35. The first-order valence-electron chi connectivity index (χ1n) is 6.35. The number of ether oxygens (including phenoxy) is 1. The summed E-state index contributed by atoms with van der Waals surface area (Å²) < 4.78 is 5.27. The summed E-state index contributed by atoms with van der Waals surface area (Å²) in [5, 5.41) is 19.3. The number of aliphatic hydroxyl groups is 1. The maximum absolute atomic E-state index is 10.5. The van der Waals surface area contributed by atoms with Crippen molar-refractivity contribution in [1.82, 2.24) is 0 Å². The lowest BCUT2D eigenvalue weighted by Crippen LogP contribution is -2.45. The fraction of sp³-hybridized carbons (Fsp3) is 0.500. The monoisotopic (exact) mass is 261 g/mol. The Kier molecular flexibility index (Phi) is 3.93. The molecule has 1 aromatic carbocycles. The average molecular weight is 261 g/mol. The molecule has 1 aliphatic heterocycles. The lowest BCUT2D eigenvalue weighted by molar-refractivity contribution is -0.0572. The Balaban J connectivity index is 2.09. The molecule has 5 nitrogen and oxygen atoms in total. The van der Waals surface area contributed by atoms with Gasteiger partial charge in [0.05, 0.1) is 16.9 Å². The fourth-order valence-electron chi connectivity index (χ4n) is 2.33. The van der Waals surface area contributed by atoms with Gasteiger partial charge in [-0.1, -0.05) is 0 Å². The maximum Gasteiger partial charge on any atom is 0.101 e. The normalized spacial score (nSPS) is 17.7. The minimum absolute atomic E-state index is 0.464. The van der Waals surface area contributed by atoms with Crippen molar-refractivity contribution in [2.45, 2.75) is 18.4 Å². The van der Waals surface area contributed by atoms with E-state index in [4.69, 9.17) is 15.7 Å². The second kappa shape index (κ2) is 5.47. The highest BCUT2D eigenvalue weighted by Crippen LogP contribution is 2.25. The van der Waals surface area contributed by atoms with Crippen molar-refractivity contribution >= 4 is 11.4 Å². The third-order valence-electron chi connectivity index (χ3n) is 3.55. The number of anilines is 2. The Morgan fingerprint density at radius 2 is 2.16 bits per heavy atom. The van der Waals surface area contributed by atoms with E-state index in [0.717, 1.165) is 5.69 Å². The van der Waals surface area contributed by atoms with Gasteiger partial charge in [-0.2, -0.15) is 5.26 Å². The third-order valence-corrected chi connectivity index (χ3v) is 3.55. The van der Waals surface area contributed by atoms with Gasteiger partial charge in [-0.25, -0.2) is 0 Å². The van der Waals surface area contributed by atoms with Crippen LogP contribution in [0.4, 0.5) is 11.4 Å². The summed E-state index contributed by atoms with van der Waals surface area (Å²) in [5.41, 5.74) is 6.93. The first kappa shape index (κ1) is 13.7. The molecule has 0 aromatic heterocycles. The topological polar surface area (TPSA) is 82.5 Å². The highest BCUT2D eigenvalue weighted by Gasteiger charge is 2.31. The van der Waals surface area contributed by atoms with Gasteiger partial charge in [-0.3, -0.25) is 0 Å². The van der Waals surface area contributed by atoms with Gasteiger partial charge in [-0.05, 0) is 18.2 Å². The van der Waals surface area contributed by atoms with Crippen LogP contribution in [-0.4, -0.2) is 37.5 Å². The molecule has 0 unspecified atom stereocenters. The second-order valence-electron chi connectivity index (χ2n) is 5.08. The molecule has 0 radical (unpaired) electrons. The van der Waals surface area contributed by atoms with Crippen molar-refractivity contribution in [1.29, 1.82) is 5.26 Å². The number of rotatable bonds is 3. The Bertz CT molecular complexity index is 490. The molecule has 19 heavy (non-hydrogen) atoms. The van der Waals surface area contributed by atoms with Crippen LogP contribution in [0.1, 0.15) is 18.4 Å². The lowest BCUT2D eigenvalue weighted by Gasteiger charge is -2.36. The largest absolute Gasteiger partial charge is 0.398 e. The Hall–Kier alpha value is -1.77. The Morgan fingerprint density at radius 3 is 2.74 bits per heavy atom. The molecule has 1 aromatic rings. The van der Waals surface area contributed by atoms with Crippen LogP contribution in [0.25, 0.3) is 0 Å². The van der Waals surface area contributed by atoms with Crippen molar-refractivity contribution in [2.75, 3.05) is 37.4 Å². The van der Waals surface area contributed by atoms with E-state index >= 15 is 0 Å². The lowest BCUT2D eigenvalue weighted by atomic mass is 9.93. The minimum atomic E-state index is -0.713. The van der Waals surface area contributed by atoms with Gasteiger partial charge in [0.25, 0.3) is 0 Å². The number of nitrogens with zero attached hydrogens (tertiary/aromatic N) is 2. The standard InChI is InChI=1S/C14H19N3O2/c1-17(10-14(18)4-6-19-7-5-14)12-3-2-11(9-15)13(16)8-12/h2-3,8,18H,4-7,10,16H2,1H3. The van der Waals surface area contributed by atoms with E-state index in [-0.39, 0.29) is 0 Å². The summed E-state index contributed by atoms with van der Waals surface area (Å²) in [5.74, 6) is 0. The van der Waals surface area contributed by atoms with Crippen LogP contribution < -0.4 is 10.6 Å². The molecule has 0 spiro atoms. The predicted octanol–water partition coefficient (Wildman–Crippen LogP) is 1.12. The summed E-state index contributed by atoms with van der Waals surface area (Å²) >= 11 is 0. The van der Waals surface area contributed by atoms with Crippen molar-refractivity contribution in [3.8, 4) is 6.07 Å². The van der Waals surface area contributed by atoms with Crippen LogP contribution in [0.3, 0.4) is 0 Å². The summed E-state index contributed by atoms with van der Waals surface area (Å²) in [6, 6.07) is 7.35. The molecular weight excluding hydrogens is 242 g/mol. The van der Waals surface area contributed by atoms with Gasteiger partial charge in [0, 0.05) is 45.3 Å². The van der Waals surface area contributed by atoms with Crippen molar-refractivity contribution in [3.05, 3.63) is 23.8 Å². The van der Waals surface area contributed by atoms with Gasteiger partial charge in [0.2, 0.25) is 0 Å². The van der Waals surface area contributed by atoms with Crippen LogP contribution in [-0.2, 0) is 4.74 Å². The van der Waals surface area contributed by atoms with E-state index in [1.807, 2.05) is 24.1 Å². The number of benzene rings is 1. The Labute approximate surface area is 113 Å². The van der Waals surface area contributed by atoms with Gasteiger partial charge >= 0.3 is 0 Å².